The predicted octanol–water partition coefficient (Wildman–Crippen LogP) is 2.36. The van der Waals surface area contributed by atoms with Crippen LogP contribution in [-0.2, 0) is 13.0 Å². The zero-order chi connectivity index (χ0) is 16.9. The van der Waals surface area contributed by atoms with Gasteiger partial charge in [0.15, 0.2) is 0 Å². The predicted molar refractivity (Wildman–Crippen MR) is 92.7 cm³/mol. The van der Waals surface area contributed by atoms with Gasteiger partial charge in [0.25, 0.3) is 5.91 Å². The molecule has 0 unspecified atom stereocenters. The molecule has 1 fully saturated rings. The third-order valence-corrected chi connectivity index (χ3v) is 4.68. The molecule has 128 valence electrons. The summed E-state index contributed by atoms with van der Waals surface area (Å²) < 4.78 is 1.80. The summed E-state index contributed by atoms with van der Waals surface area (Å²) >= 11 is 0. The molecule has 1 aliphatic heterocycles. The van der Waals surface area contributed by atoms with E-state index in [1.54, 1.807) is 22.0 Å². The molecule has 1 aromatic carbocycles. The lowest BCUT2D eigenvalue weighted by Crippen LogP contribution is -2.47. The molecule has 1 amide bonds. The lowest BCUT2D eigenvalue weighted by molar-refractivity contribution is 0.0198. The summed E-state index contributed by atoms with van der Waals surface area (Å²) in [7, 11) is 0. The van der Waals surface area contributed by atoms with E-state index in [2.05, 4.69) is 24.2 Å². The Morgan fingerprint density at radius 2 is 2.12 bits per heavy atom. The van der Waals surface area contributed by atoms with Crippen LogP contribution in [-0.4, -0.2) is 44.9 Å². The molecular weight excluding hydrogens is 302 g/mol. The summed E-state index contributed by atoms with van der Waals surface area (Å²) in [5, 5.41) is 14.7. The fourth-order valence-electron chi connectivity index (χ4n) is 3.33. The van der Waals surface area contributed by atoms with Gasteiger partial charge >= 0.3 is 0 Å². The Balaban J connectivity index is 1.59. The molecule has 3 rings (SSSR count). The van der Waals surface area contributed by atoms with Crippen LogP contribution in [0.5, 0.6) is 0 Å². The maximum absolute atomic E-state index is 12.6. The van der Waals surface area contributed by atoms with Gasteiger partial charge in [0.2, 0.25) is 0 Å². The minimum absolute atomic E-state index is 0.0328. The number of hydrogen-bond donors (Lipinski definition) is 1. The van der Waals surface area contributed by atoms with E-state index in [4.69, 9.17) is 0 Å². The highest BCUT2D eigenvalue weighted by Crippen LogP contribution is 2.23. The first kappa shape index (κ1) is 16.7. The van der Waals surface area contributed by atoms with Crippen molar-refractivity contribution < 1.29 is 9.90 Å². The molecule has 0 saturated carbocycles. The van der Waals surface area contributed by atoms with E-state index in [9.17, 15) is 9.90 Å². The van der Waals surface area contributed by atoms with E-state index in [0.717, 1.165) is 25.8 Å². The third kappa shape index (κ3) is 3.85. The van der Waals surface area contributed by atoms with Crippen molar-refractivity contribution in [3.05, 3.63) is 53.9 Å². The molecule has 1 aromatic heterocycles. The molecule has 2 aromatic rings. The van der Waals surface area contributed by atoms with Crippen molar-refractivity contribution in [3.8, 4) is 0 Å². The number of nitrogens with zero attached hydrogens (tertiary/aromatic N) is 3. The van der Waals surface area contributed by atoms with Gasteiger partial charge in [0.1, 0.15) is 0 Å². The second-order valence-corrected chi connectivity index (χ2v) is 6.55. The Hall–Kier alpha value is -2.14. The van der Waals surface area contributed by atoms with Crippen molar-refractivity contribution in [3.63, 3.8) is 0 Å². The highest BCUT2D eigenvalue weighted by molar-refractivity contribution is 5.93. The van der Waals surface area contributed by atoms with Crippen LogP contribution >= 0.6 is 0 Å². The molecule has 2 heterocycles. The number of aromatic nitrogens is 2. The van der Waals surface area contributed by atoms with Crippen LogP contribution in [0.3, 0.4) is 0 Å². The standard InChI is InChI=1S/C19H25N3O2/c1-2-9-22-13-17(12-20-22)19(24)21-10-8-16(18(23)14-21)11-15-6-4-3-5-7-15/h3-7,12-13,16,18,23H,2,8-11,14H2,1H3/t16-,18-/m1/s1. The van der Waals surface area contributed by atoms with Gasteiger partial charge in [-0.15, -0.1) is 0 Å². The number of rotatable bonds is 5. The Labute approximate surface area is 142 Å². The van der Waals surface area contributed by atoms with Crippen LogP contribution in [0.25, 0.3) is 0 Å². The smallest absolute Gasteiger partial charge is 0.257 e. The number of carbonyl (C=O) groups is 1. The molecule has 2 atom stereocenters. The van der Waals surface area contributed by atoms with E-state index in [-0.39, 0.29) is 11.8 Å². The van der Waals surface area contributed by atoms with Crippen LogP contribution < -0.4 is 0 Å². The minimum Gasteiger partial charge on any atom is -0.391 e. The van der Waals surface area contributed by atoms with E-state index in [1.807, 2.05) is 18.2 Å². The molecule has 5 nitrogen and oxygen atoms in total. The summed E-state index contributed by atoms with van der Waals surface area (Å²) in [6.45, 7) is 3.98. The van der Waals surface area contributed by atoms with E-state index in [1.165, 1.54) is 5.56 Å². The van der Waals surface area contributed by atoms with Crippen LogP contribution in [0.15, 0.2) is 42.7 Å². The lowest BCUT2D eigenvalue weighted by atomic mass is 9.87. The molecule has 24 heavy (non-hydrogen) atoms. The van der Waals surface area contributed by atoms with Crippen molar-refractivity contribution in [1.82, 2.24) is 14.7 Å². The first-order valence-corrected chi connectivity index (χ1v) is 8.71. The number of hydrogen-bond acceptors (Lipinski definition) is 3. The fourth-order valence-corrected chi connectivity index (χ4v) is 3.33. The van der Waals surface area contributed by atoms with Gasteiger partial charge in [-0.05, 0) is 30.7 Å². The Morgan fingerprint density at radius 3 is 2.83 bits per heavy atom. The van der Waals surface area contributed by atoms with Crippen molar-refractivity contribution in [2.45, 2.75) is 38.8 Å². The molecule has 0 bridgehead atoms. The second-order valence-electron chi connectivity index (χ2n) is 6.55. The molecule has 0 aliphatic carbocycles. The quantitative estimate of drug-likeness (QED) is 0.917. The summed E-state index contributed by atoms with van der Waals surface area (Å²) in [6.07, 6.45) is 5.62. The number of benzene rings is 1. The molecule has 1 N–H and O–H groups in total. The van der Waals surface area contributed by atoms with Gasteiger partial charge in [-0.25, -0.2) is 0 Å². The highest BCUT2D eigenvalue weighted by atomic mass is 16.3. The largest absolute Gasteiger partial charge is 0.391 e. The van der Waals surface area contributed by atoms with Crippen molar-refractivity contribution in [1.29, 1.82) is 0 Å². The summed E-state index contributed by atoms with van der Waals surface area (Å²) in [5.74, 6) is 0.175. The van der Waals surface area contributed by atoms with Crippen LogP contribution in [0.4, 0.5) is 0 Å². The number of β-amino-alcohol motifs (C(OH)–C–C–N with tert-alkyl or cyclic N) is 1. The lowest BCUT2D eigenvalue weighted by Gasteiger charge is -2.36. The van der Waals surface area contributed by atoms with Gasteiger partial charge in [-0.1, -0.05) is 37.3 Å². The zero-order valence-corrected chi connectivity index (χ0v) is 14.1. The average Bonchev–Trinajstić information content (AvgIpc) is 3.06. The number of likely N-dealkylation sites (tertiary alicyclic amines) is 1. The van der Waals surface area contributed by atoms with E-state index < -0.39 is 6.10 Å². The Morgan fingerprint density at radius 1 is 1.33 bits per heavy atom. The fraction of sp³-hybridized carbons (Fsp3) is 0.474. The van der Waals surface area contributed by atoms with Crippen LogP contribution in [0, 0.1) is 5.92 Å². The molecule has 0 spiro atoms. The number of aryl methyl sites for hydroxylation is 1. The second kappa shape index (κ2) is 7.62. The number of carbonyl (C=O) groups excluding carboxylic acids is 1. The van der Waals surface area contributed by atoms with Gasteiger partial charge in [0.05, 0.1) is 17.9 Å². The topological polar surface area (TPSA) is 58.4 Å². The van der Waals surface area contributed by atoms with E-state index >= 15 is 0 Å². The summed E-state index contributed by atoms with van der Waals surface area (Å²) in [6, 6.07) is 10.2. The molecule has 1 saturated heterocycles. The van der Waals surface area contributed by atoms with Crippen molar-refractivity contribution in [2.75, 3.05) is 13.1 Å². The summed E-state index contributed by atoms with van der Waals surface area (Å²) in [5.41, 5.74) is 1.85. The number of aliphatic hydroxyl groups is 1. The first-order valence-electron chi connectivity index (χ1n) is 8.71. The third-order valence-electron chi connectivity index (χ3n) is 4.68. The Kier molecular flexibility index (Phi) is 5.30. The van der Waals surface area contributed by atoms with Crippen molar-refractivity contribution >= 4 is 5.91 Å². The molecule has 1 aliphatic rings. The van der Waals surface area contributed by atoms with Gasteiger partial charge in [0, 0.05) is 25.8 Å². The number of piperidine rings is 1. The highest BCUT2D eigenvalue weighted by Gasteiger charge is 2.31. The molecule has 0 radical (unpaired) electrons. The zero-order valence-electron chi connectivity index (χ0n) is 14.1. The van der Waals surface area contributed by atoms with Gasteiger partial charge in [-0.3, -0.25) is 9.48 Å². The maximum Gasteiger partial charge on any atom is 0.257 e. The van der Waals surface area contributed by atoms with Gasteiger partial charge < -0.3 is 10.0 Å². The normalized spacial score (nSPS) is 21.0. The Bertz CT molecular complexity index is 668. The van der Waals surface area contributed by atoms with Crippen molar-refractivity contribution in [2.24, 2.45) is 5.92 Å². The number of amides is 1. The van der Waals surface area contributed by atoms with E-state index in [0.29, 0.717) is 18.7 Å². The summed E-state index contributed by atoms with van der Waals surface area (Å²) in [4.78, 5) is 14.3. The molecule has 5 heteroatoms. The monoisotopic (exact) mass is 327 g/mol. The maximum atomic E-state index is 12.6. The minimum atomic E-state index is -0.478. The number of aliphatic hydroxyl groups excluding tert-OH is 1. The van der Waals surface area contributed by atoms with Crippen LogP contribution in [0.2, 0.25) is 0 Å². The SMILES string of the molecule is CCCn1cc(C(=O)N2CC[C@H](Cc3ccccc3)[C@H](O)C2)cn1. The van der Waals surface area contributed by atoms with Crippen LogP contribution in [0.1, 0.15) is 35.7 Å². The molecular formula is C19H25N3O2. The van der Waals surface area contributed by atoms with Gasteiger partial charge in [-0.2, -0.15) is 5.10 Å². The first-order chi connectivity index (χ1) is 11.7. The average molecular weight is 327 g/mol.